The Labute approximate surface area is 102 Å². The number of hydrogen-bond donors (Lipinski definition) is 0. The fourth-order valence-electron chi connectivity index (χ4n) is 1.96. The van der Waals surface area contributed by atoms with Crippen LogP contribution in [0.5, 0.6) is 5.75 Å². The van der Waals surface area contributed by atoms with Crippen molar-refractivity contribution in [2.45, 2.75) is 6.42 Å². The zero-order valence-corrected chi connectivity index (χ0v) is 10.3. The molecule has 1 aromatic carbocycles. The normalized spacial score (nSPS) is 18.0. The van der Waals surface area contributed by atoms with Crippen LogP contribution >= 0.6 is 0 Å². The Morgan fingerprint density at radius 3 is 2.47 bits per heavy atom. The second-order valence-electron chi connectivity index (χ2n) is 4.30. The number of methoxy groups -OCH3 is 1. The highest BCUT2D eigenvalue weighted by Gasteiger charge is 2.20. The summed E-state index contributed by atoms with van der Waals surface area (Å²) < 4.78 is 5.11. The molecule has 0 bridgehead atoms. The average molecular weight is 234 g/mol. The van der Waals surface area contributed by atoms with Gasteiger partial charge in [0.15, 0.2) is 0 Å². The highest BCUT2D eigenvalue weighted by Crippen LogP contribution is 2.20. The van der Waals surface area contributed by atoms with E-state index in [4.69, 9.17) is 4.74 Å². The summed E-state index contributed by atoms with van der Waals surface area (Å²) in [6.45, 7) is 2.50. The molecule has 0 aliphatic carbocycles. The molecule has 1 heterocycles. The molecule has 0 N–H and O–H groups in total. The van der Waals surface area contributed by atoms with Crippen LogP contribution in [0.4, 0.5) is 5.69 Å². The molecule has 1 amide bonds. The molecule has 92 valence electrons. The molecular formula is C13H18N2O2. The minimum absolute atomic E-state index is 0.194. The van der Waals surface area contributed by atoms with Gasteiger partial charge in [0.05, 0.1) is 7.11 Å². The Bertz CT molecular complexity index is 389. The maximum atomic E-state index is 12.0. The fraction of sp³-hybridized carbons (Fsp3) is 0.462. The SMILES string of the molecule is COc1ccc(N2CCN(C)CCC2=O)cc1. The summed E-state index contributed by atoms with van der Waals surface area (Å²) in [6, 6.07) is 7.64. The van der Waals surface area contributed by atoms with Gasteiger partial charge in [-0.15, -0.1) is 0 Å². The molecule has 0 atom stereocenters. The number of carbonyl (C=O) groups is 1. The van der Waals surface area contributed by atoms with Crippen molar-refractivity contribution in [3.05, 3.63) is 24.3 Å². The summed E-state index contributed by atoms with van der Waals surface area (Å²) in [5, 5.41) is 0. The van der Waals surface area contributed by atoms with Gasteiger partial charge in [0, 0.05) is 31.7 Å². The standard InChI is InChI=1S/C13H18N2O2/c1-14-8-7-13(16)15(10-9-14)11-3-5-12(17-2)6-4-11/h3-6H,7-10H2,1-2H3. The molecule has 1 aliphatic heterocycles. The van der Waals surface area contributed by atoms with Crippen LogP contribution in [0.2, 0.25) is 0 Å². The van der Waals surface area contributed by atoms with Crippen LogP contribution in [0.25, 0.3) is 0 Å². The van der Waals surface area contributed by atoms with E-state index in [9.17, 15) is 4.79 Å². The monoisotopic (exact) mass is 234 g/mol. The third-order valence-corrected chi connectivity index (χ3v) is 3.10. The maximum Gasteiger partial charge on any atom is 0.228 e. The molecule has 4 nitrogen and oxygen atoms in total. The van der Waals surface area contributed by atoms with Gasteiger partial charge in [-0.2, -0.15) is 0 Å². The molecule has 0 aromatic heterocycles. The van der Waals surface area contributed by atoms with E-state index in [1.165, 1.54) is 0 Å². The molecule has 1 fully saturated rings. The summed E-state index contributed by atoms with van der Waals surface area (Å²) >= 11 is 0. The van der Waals surface area contributed by atoms with Crippen molar-refractivity contribution in [1.29, 1.82) is 0 Å². The Balaban J connectivity index is 2.16. The minimum Gasteiger partial charge on any atom is -0.497 e. The predicted molar refractivity (Wildman–Crippen MR) is 67.5 cm³/mol. The quantitative estimate of drug-likeness (QED) is 0.774. The van der Waals surface area contributed by atoms with Crippen molar-refractivity contribution in [2.75, 3.05) is 38.7 Å². The average Bonchev–Trinajstić information content (AvgIpc) is 2.52. The van der Waals surface area contributed by atoms with Crippen LogP contribution < -0.4 is 9.64 Å². The summed E-state index contributed by atoms with van der Waals surface area (Å²) in [6.07, 6.45) is 0.586. The smallest absolute Gasteiger partial charge is 0.228 e. The van der Waals surface area contributed by atoms with Crippen molar-refractivity contribution in [3.8, 4) is 5.75 Å². The molecule has 1 aromatic rings. The first-order valence-corrected chi connectivity index (χ1v) is 5.83. The fourth-order valence-corrected chi connectivity index (χ4v) is 1.96. The number of amides is 1. The van der Waals surface area contributed by atoms with Crippen LogP contribution in [0.3, 0.4) is 0 Å². The Morgan fingerprint density at radius 2 is 1.82 bits per heavy atom. The summed E-state index contributed by atoms with van der Waals surface area (Å²) in [7, 11) is 3.69. The highest BCUT2D eigenvalue weighted by atomic mass is 16.5. The lowest BCUT2D eigenvalue weighted by Crippen LogP contribution is -2.32. The lowest BCUT2D eigenvalue weighted by atomic mass is 10.2. The summed E-state index contributed by atoms with van der Waals surface area (Å²) in [5.41, 5.74) is 0.950. The van der Waals surface area contributed by atoms with E-state index < -0.39 is 0 Å². The number of anilines is 1. The zero-order chi connectivity index (χ0) is 12.3. The number of nitrogens with zero attached hydrogens (tertiary/aromatic N) is 2. The van der Waals surface area contributed by atoms with Crippen molar-refractivity contribution in [1.82, 2.24) is 4.90 Å². The summed E-state index contributed by atoms with van der Waals surface area (Å²) in [4.78, 5) is 16.0. The number of likely N-dealkylation sites (N-methyl/N-ethyl adjacent to an activating group) is 1. The molecule has 0 radical (unpaired) electrons. The van der Waals surface area contributed by atoms with E-state index in [2.05, 4.69) is 4.90 Å². The first kappa shape index (κ1) is 11.9. The molecule has 0 unspecified atom stereocenters. The van der Waals surface area contributed by atoms with Gasteiger partial charge in [0.2, 0.25) is 5.91 Å². The zero-order valence-electron chi connectivity index (χ0n) is 10.3. The Morgan fingerprint density at radius 1 is 1.12 bits per heavy atom. The van der Waals surface area contributed by atoms with Crippen molar-refractivity contribution in [3.63, 3.8) is 0 Å². The van der Waals surface area contributed by atoms with Gasteiger partial charge in [0.25, 0.3) is 0 Å². The van der Waals surface area contributed by atoms with E-state index in [-0.39, 0.29) is 5.91 Å². The summed E-state index contributed by atoms with van der Waals surface area (Å²) in [5.74, 6) is 1.01. The molecule has 0 saturated carbocycles. The largest absolute Gasteiger partial charge is 0.497 e. The van der Waals surface area contributed by atoms with E-state index >= 15 is 0 Å². The van der Waals surface area contributed by atoms with Gasteiger partial charge >= 0.3 is 0 Å². The number of rotatable bonds is 2. The third kappa shape index (κ3) is 2.77. The number of hydrogen-bond acceptors (Lipinski definition) is 3. The molecule has 2 rings (SSSR count). The maximum absolute atomic E-state index is 12.0. The van der Waals surface area contributed by atoms with E-state index in [1.54, 1.807) is 7.11 Å². The molecule has 1 saturated heterocycles. The lowest BCUT2D eigenvalue weighted by molar-refractivity contribution is -0.118. The molecule has 1 aliphatic rings. The first-order valence-electron chi connectivity index (χ1n) is 5.83. The van der Waals surface area contributed by atoms with Gasteiger partial charge in [-0.1, -0.05) is 0 Å². The number of ether oxygens (including phenoxy) is 1. The van der Waals surface area contributed by atoms with E-state index in [0.717, 1.165) is 31.1 Å². The van der Waals surface area contributed by atoms with Crippen LogP contribution in [-0.4, -0.2) is 44.6 Å². The van der Waals surface area contributed by atoms with Crippen LogP contribution in [-0.2, 0) is 4.79 Å². The van der Waals surface area contributed by atoms with Crippen LogP contribution in [0.1, 0.15) is 6.42 Å². The van der Waals surface area contributed by atoms with Gasteiger partial charge in [-0.25, -0.2) is 0 Å². The molecule has 4 heteroatoms. The number of carbonyl (C=O) groups excluding carboxylic acids is 1. The van der Waals surface area contributed by atoms with E-state index in [0.29, 0.717) is 6.42 Å². The van der Waals surface area contributed by atoms with Gasteiger partial charge in [-0.3, -0.25) is 4.79 Å². The van der Waals surface area contributed by atoms with E-state index in [1.807, 2.05) is 36.2 Å². The Hall–Kier alpha value is -1.55. The van der Waals surface area contributed by atoms with Crippen molar-refractivity contribution < 1.29 is 9.53 Å². The predicted octanol–water partition coefficient (Wildman–Crippen LogP) is 1.36. The van der Waals surface area contributed by atoms with Crippen LogP contribution in [0, 0.1) is 0 Å². The van der Waals surface area contributed by atoms with Gasteiger partial charge in [-0.05, 0) is 31.3 Å². The second kappa shape index (κ2) is 5.19. The third-order valence-electron chi connectivity index (χ3n) is 3.10. The van der Waals surface area contributed by atoms with Crippen LogP contribution in [0.15, 0.2) is 24.3 Å². The van der Waals surface area contributed by atoms with Gasteiger partial charge < -0.3 is 14.5 Å². The lowest BCUT2D eigenvalue weighted by Gasteiger charge is -2.21. The minimum atomic E-state index is 0.194. The second-order valence-corrected chi connectivity index (χ2v) is 4.30. The topological polar surface area (TPSA) is 32.8 Å². The molecule has 0 spiro atoms. The molecule has 17 heavy (non-hydrogen) atoms. The Kier molecular flexibility index (Phi) is 3.64. The molecular weight excluding hydrogens is 216 g/mol. The highest BCUT2D eigenvalue weighted by molar-refractivity contribution is 5.93. The van der Waals surface area contributed by atoms with Crippen molar-refractivity contribution in [2.24, 2.45) is 0 Å². The van der Waals surface area contributed by atoms with Crippen molar-refractivity contribution >= 4 is 11.6 Å². The number of benzene rings is 1. The van der Waals surface area contributed by atoms with Gasteiger partial charge in [0.1, 0.15) is 5.75 Å². The first-order chi connectivity index (χ1) is 8.20.